The summed E-state index contributed by atoms with van der Waals surface area (Å²) in [6.45, 7) is 0. The van der Waals surface area contributed by atoms with E-state index in [1.165, 1.54) is 18.2 Å². The molecular formula is C15H13ClN2O5. The lowest BCUT2D eigenvalue weighted by Gasteiger charge is -2.23. The van der Waals surface area contributed by atoms with Crippen molar-refractivity contribution in [3.05, 3.63) is 45.5 Å². The van der Waals surface area contributed by atoms with E-state index in [-0.39, 0.29) is 28.2 Å². The molecule has 0 spiro atoms. The number of benzene rings is 1. The van der Waals surface area contributed by atoms with Gasteiger partial charge in [-0.1, -0.05) is 23.8 Å². The van der Waals surface area contributed by atoms with Gasteiger partial charge in [-0.2, -0.15) is 0 Å². The van der Waals surface area contributed by atoms with Crippen LogP contribution in [0.4, 0.5) is 11.4 Å². The van der Waals surface area contributed by atoms with Crippen molar-refractivity contribution in [3.63, 3.8) is 0 Å². The number of hydrogen-bond acceptors (Lipinski definition) is 4. The number of anilines is 1. The molecule has 1 saturated carbocycles. The maximum atomic E-state index is 12.5. The van der Waals surface area contributed by atoms with Crippen molar-refractivity contribution in [3.8, 4) is 0 Å². The summed E-state index contributed by atoms with van der Waals surface area (Å²) in [6, 6.07) is 3.94. The summed E-state index contributed by atoms with van der Waals surface area (Å²) in [5.41, 5.74) is -0.0888. The molecule has 3 rings (SSSR count). The minimum atomic E-state index is -0.996. The highest BCUT2D eigenvalue weighted by molar-refractivity contribution is 6.32. The van der Waals surface area contributed by atoms with Crippen LogP contribution < -0.4 is 5.32 Å². The molecular weight excluding hydrogens is 324 g/mol. The third-order valence-electron chi connectivity index (χ3n) is 4.46. The molecule has 23 heavy (non-hydrogen) atoms. The fourth-order valence-electron chi connectivity index (χ4n) is 3.47. The number of carbonyl (C=O) groups is 2. The average Bonchev–Trinajstić information content (AvgIpc) is 3.09. The first-order valence-corrected chi connectivity index (χ1v) is 7.42. The second kappa shape index (κ2) is 5.66. The maximum absolute atomic E-state index is 12.5. The molecule has 0 aromatic heterocycles. The van der Waals surface area contributed by atoms with Gasteiger partial charge < -0.3 is 10.4 Å². The van der Waals surface area contributed by atoms with Crippen molar-refractivity contribution < 1.29 is 19.6 Å². The van der Waals surface area contributed by atoms with Gasteiger partial charge in [0, 0.05) is 11.8 Å². The number of carbonyl (C=O) groups excluding carboxylic acids is 1. The monoisotopic (exact) mass is 336 g/mol. The number of allylic oxidation sites excluding steroid dienone is 2. The lowest BCUT2D eigenvalue weighted by molar-refractivity contribution is -0.384. The number of nitro groups is 1. The SMILES string of the molecule is O=C(O)[C@H]1[C@H](C(=O)Nc2ccc(Cl)c([N+](=O)[O-])c2)[C@H]2C=C[C@H]1C2. The van der Waals surface area contributed by atoms with Crippen LogP contribution in [-0.2, 0) is 9.59 Å². The van der Waals surface area contributed by atoms with Crippen LogP contribution in [0.25, 0.3) is 0 Å². The number of rotatable bonds is 4. The quantitative estimate of drug-likeness (QED) is 0.499. The third kappa shape index (κ3) is 2.68. The minimum Gasteiger partial charge on any atom is -0.481 e. The summed E-state index contributed by atoms with van der Waals surface area (Å²) in [5, 5.41) is 22.8. The van der Waals surface area contributed by atoms with Gasteiger partial charge in [0.2, 0.25) is 5.91 Å². The Balaban J connectivity index is 1.82. The third-order valence-corrected chi connectivity index (χ3v) is 4.78. The van der Waals surface area contributed by atoms with Crippen LogP contribution in [-0.4, -0.2) is 21.9 Å². The number of carboxylic acids is 1. The first kappa shape index (κ1) is 15.5. The topological polar surface area (TPSA) is 110 Å². The van der Waals surface area contributed by atoms with E-state index in [0.717, 1.165) is 0 Å². The van der Waals surface area contributed by atoms with Gasteiger partial charge in [0.1, 0.15) is 5.02 Å². The van der Waals surface area contributed by atoms with Crippen molar-refractivity contribution in [1.29, 1.82) is 0 Å². The first-order chi connectivity index (χ1) is 10.9. The van der Waals surface area contributed by atoms with Crippen LogP contribution in [0.15, 0.2) is 30.4 Å². The van der Waals surface area contributed by atoms with E-state index in [0.29, 0.717) is 6.42 Å². The fraction of sp³-hybridized carbons (Fsp3) is 0.333. The van der Waals surface area contributed by atoms with Gasteiger partial charge >= 0.3 is 5.97 Å². The number of carboxylic acid groups (broad SMARTS) is 1. The van der Waals surface area contributed by atoms with Gasteiger partial charge in [0.15, 0.2) is 0 Å². The molecule has 0 unspecified atom stereocenters. The molecule has 4 atom stereocenters. The summed E-state index contributed by atoms with van der Waals surface area (Å²) >= 11 is 5.73. The molecule has 120 valence electrons. The Morgan fingerprint density at radius 3 is 2.52 bits per heavy atom. The number of halogens is 1. The van der Waals surface area contributed by atoms with E-state index in [4.69, 9.17) is 11.6 Å². The zero-order chi connectivity index (χ0) is 16.7. The normalized spacial score (nSPS) is 27.9. The number of amides is 1. The average molecular weight is 337 g/mol. The lowest BCUT2D eigenvalue weighted by Crippen LogP contribution is -2.36. The number of nitrogens with zero attached hydrogens (tertiary/aromatic N) is 1. The van der Waals surface area contributed by atoms with Crippen LogP contribution in [0.5, 0.6) is 0 Å². The predicted octanol–water partition coefficient (Wildman–Crippen LogP) is 2.71. The molecule has 1 fully saturated rings. The Morgan fingerprint density at radius 2 is 1.91 bits per heavy atom. The molecule has 1 amide bonds. The molecule has 8 heteroatoms. The Labute approximate surface area is 136 Å². The summed E-state index contributed by atoms with van der Waals surface area (Å²) in [6.07, 6.45) is 4.37. The second-order valence-electron chi connectivity index (χ2n) is 5.75. The number of nitrogens with one attached hydrogen (secondary N) is 1. The molecule has 2 aliphatic rings. The van der Waals surface area contributed by atoms with E-state index in [9.17, 15) is 24.8 Å². The van der Waals surface area contributed by atoms with Crippen LogP contribution in [0.1, 0.15) is 6.42 Å². The van der Waals surface area contributed by atoms with Crippen molar-refractivity contribution in [2.75, 3.05) is 5.32 Å². The Kier molecular flexibility index (Phi) is 3.81. The summed E-state index contributed by atoms with van der Waals surface area (Å²) < 4.78 is 0. The van der Waals surface area contributed by atoms with Crippen LogP contribution in [0, 0.1) is 33.8 Å². The van der Waals surface area contributed by atoms with E-state index in [2.05, 4.69) is 5.32 Å². The minimum absolute atomic E-state index is 0.0285. The molecule has 2 N–H and O–H groups in total. The molecule has 0 radical (unpaired) electrons. The van der Waals surface area contributed by atoms with Gasteiger partial charge in [-0.25, -0.2) is 0 Å². The summed E-state index contributed by atoms with van der Waals surface area (Å²) in [7, 11) is 0. The Morgan fingerprint density at radius 1 is 1.26 bits per heavy atom. The predicted molar refractivity (Wildman–Crippen MR) is 82.1 cm³/mol. The van der Waals surface area contributed by atoms with Crippen molar-refractivity contribution >= 4 is 34.9 Å². The van der Waals surface area contributed by atoms with Crippen molar-refractivity contribution in [2.45, 2.75) is 6.42 Å². The zero-order valence-corrected chi connectivity index (χ0v) is 12.6. The van der Waals surface area contributed by atoms with Crippen molar-refractivity contribution in [2.24, 2.45) is 23.7 Å². The Hall–Kier alpha value is -2.41. The highest BCUT2D eigenvalue weighted by Crippen LogP contribution is 2.48. The molecule has 1 aromatic carbocycles. The smallest absolute Gasteiger partial charge is 0.307 e. The van der Waals surface area contributed by atoms with Crippen LogP contribution in [0.2, 0.25) is 5.02 Å². The standard InChI is InChI=1S/C15H13ClN2O5/c16-10-4-3-9(6-11(10)18(22)23)17-14(19)12-7-1-2-8(5-7)13(12)15(20)21/h1-4,6-8,12-13H,5H2,(H,17,19)(H,20,21)/t7-,8-,12+,13+/m0/s1. The number of nitro benzene ring substituents is 1. The number of aliphatic carboxylic acids is 1. The molecule has 2 aliphatic carbocycles. The number of fused-ring (bicyclic) bond motifs is 2. The molecule has 7 nitrogen and oxygen atoms in total. The van der Waals surface area contributed by atoms with Gasteiger partial charge in [0.25, 0.3) is 5.69 Å². The van der Waals surface area contributed by atoms with Gasteiger partial charge in [-0.15, -0.1) is 0 Å². The molecule has 1 aromatic rings. The van der Waals surface area contributed by atoms with E-state index in [1.807, 2.05) is 12.2 Å². The van der Waals surface area contributed by atoms with E-state index in [1.54, 1.807) is 0 Å². The van der Waals surface area contributed by atoms with Gasteiger partial charge in [0.05, 0.1) is 16.8 Å². The van der Waals surface area contributed by atoms with Gasteiger partial charge in [-0.05, 0) is 30.4 Å². The van der Waals surface area contributed by atoms with E-state index >= 15 is 0 Å². The van der Waals surface area contributed by atoms with Gasteiger partial charge in [-0.3, -0.25) is 19.7 Å². The lowest BCUT2D eigenvalue weighted by atomic mass is 9.82. The molecule has 0 aliphatic heterocycles. The zero-order valence-electron chi connectivity index (χ0n) is 11.8. The Bertz CT molecular complexity index is 733. The molecule has 2 bridgehead atoms. The highest BCUT2D eigenvalue weighted by Gasteiger charge is 2.51. The van der Waals surface area contributed by atoms with Crippen molar-refractivity contribution in [1.82, 2.24) is 0 Å². The maximum Gasteiger partial charge on any atom is 0.307 e. The highest BCUT2D eigenvalue weighted by atomic mass is 35.5. The van der Waals surface area contributed by atoms with Crippen LogP contribution >= 0.6 is 11.6 Å². The molecule has 0 heterocycles. The molecule has 0 saturated heterocycles. The summed E-state index contributed by atoms with van der Waals surface area (Å²) in [4.78, 5) is 34.1. The largest absolute Gasteiger partial charge is 0.481 e. The van der Waals surface area contributed by atoms with E-state index < -0.39 is 28.6 Å². The van der Waals surface area contributed by atoms with Crippen LogP contribution in [0.3, 0.4) is 0 Å². The fourth-order valence-corrected chi connectivity index (χ4v) is 3.66. The summed E-state index contributed by atoms with van der Waals surface area (Å²) in [5.74, 6) is -3.10. The second-order valence-corrected chi connectivity index (χ2v) is 6.16. The number of hydrogen-bond donors (Lipinski definition) is 2. The first-order valence-electron chi connectivity index (χ1n) is 7.04.